The van der Waals surface area contributed by atoms with E-state index in [0.717, 1.165) is 35.1 Å². The fourth-order valence-corrected chi connectivity index (χ4v) is 5.05. The zero-order valence-electron chi connectivity index (χ0n) is 20.5. The van der Waals surface area contributed by atoms with E-state index >= 15 is 0 Å². The highest BCUT2D eigenvalue weighted by Gasteiger charge is 2.29. The Morgan fingerprint density at radius 1 is 0.943 bits per heavy atom. The minimum atomic E-state index is -1.17. The Bertz CT molecular complexity index is 996. The highest BCUT2D eigenvalue weighted by molar-refractivity contribution is 8.00. The third kappa shape index (κ3) is 7.49. The van der Waals surface area contributed by atoms with E-state index in [1.807, 2.05) is 55.5 Å². The lowest BCUT2D eigenvalue weighted by Gasteiger charge is -2.18. The molecule has 2 unspecified atom stereocenters. The first-order chi connectivity index (χ1) is 16.8. The van der Waals surface area contributed by atoms with Gasteiger partial charge in [-0.3, -0.25) is 4.79 Å². The number of carbonyl (C=O) groups excluding carboxylic acids is 2. The van der Waals surface area contributed by atoms with Crippen molar-refractivity contribution in [3.8, 4) is 11.1 Å². The molecule has 188 valence electrons. The minimum Gasteiger partial charge on any atom is -0.480 e. The standard InChI is InChI=1S/C27H34N2O5S/c1-17(2)12-13-18(3)28-25(30)16-35-15-24(26(31)32)29-27(33)34-14-23-21-10-6-4-8-19(21)20-9-5-7-11-22(20)23/h4-11,17-18,23-24H,12-16H2,1-3H3,(H,28,30)(H,29,33)(H,31,32). The van der Waals surface area contributed by atoms with Crippen LogP contribution in [0.15, 0.2) is 48.5 Å². The molecule has 0 bridgehead atoms. The van der Waals surface area contributed by atoms with Crippen molar-refractivity contribution in [3.63, 3.8) is 0 Å². The van der Waals surface area contributed by atoms with Crippen LogP contribution >= 0.6 is 11.8 Å². The van der Waals surface area contributed by atoms with Crippen LogP contribution in [-0.4, -0.2) is 53.3 Å². The van der Waals surface area contributed by atoms with Gasteiger partial charge in [0, 0.05) is 17.7 Å². The maximum atomic E-state index is 12.4. The summed E-state index contributed by atoms with van der Waals surface area (Å²) in [5.74, 6) is -0.653. The minimum absolute atomic E-state index is 0.0628. The van der Waals surface area contributed by atoms with Crippen molar-refractivity contribution in [2.45, 2.75) is 51.6 Å². The number of hydrogen-bond acceptors (Lipinski definition) is 5. The van der Waals surface area contributed by atoms with Crippen molar-refractivity contribution in [3.05, 3.63) is 59.7 Å². The van der Waals surface area contributed by atoms with Crippen molar-refractivity contribution < 1.29 is 24.2 Å². The summed E-state index contributed by atoms with van der Waals surface area (Å²) >= 11 is 1.17. The molecule has 0 fully saturated rings. The predicted octanol–water partition coefficient (Wildman–Crippen LogP) is 4.65. The number of carbonyl (C=O) groups is 3. The molecule has 0 spiro atoms. The van der Waals surface area contributed by atoms with E-state index in [1.54, 1.807) is 0 Å². The highest BCUT2D eigenvalue weighted by Crippen LogP contribution is 2.44. The van der Waals surface area contributed by atoms with Gasteiger partial charge in [0.2, 0.25) is 5.91 Å². The van der Waals surface area contributed by atoms with Crippen molar-refractivity contribution in [2.75, 3.05) is 18.1 Å². The Morgan fingerprint density at radius 2 is 1.54 bits per heavy atom. The van der Waals surface area contributed by atoms with Crippen LogP contribution in [0.3, 0.4) is 0 Å². The first-order valence-corrected chi connectivity index (χ1v) is 13.1. The number of hydrogen-bond donors (Lipinski definition) is 3. The molecule has 0 aromatic heterocycles. The van der Waals surface area contributed by atoms with Crippen LogP contribution in [-0.2, 0) is 14.3 Å². The number of benzene rings is 2. The van der Waals surface area contributed by atoms with E-state index in [0.29, 0.717) is 5.92 Å². The van der Waals surface area contributed by atoms with E-state index in [1.165, 1.54) is 11.8 Å². The average molecular weight is 499 g/mol. The van der Waals surface area contributed by atoms with Gasteiger partial charge >= 0.3 is 12.1 Å². The van der Waals surface area contributed by atoms with E-state index in [9.17, 15) is 19.5 Å². The molecule has 7 nitrogen and oxygen atoms in total. The molecule has 8 heteroatoms. The molecular formula is C27H34N2O5S. The van der Waals surface area contributed by atoms with Gasteiger partial charge < -0.3 is 20.5 Å². The normalized spacial score (nSPS) is 14.1. The molecule has 1 aliphatic rings. The van der Waals surface area contributed by atoms with E-state index in [2.05, 4.69) is 24.5 Å². The number of fused-ring (bicyclic) bond motifs is 3. The van der Waals surface area contributed by atoms with Gasteiger partial charge in [0.1, 0.15) is 12.6 Å². The van der Waals surface area contributed by atoms with Crippen molar-refractivity contribution in [1.82, 2.24) is 10.6 Å². The van der Waals surface area contributed by atoms with Gasteiger partial charge in [0.15, 0.2) is 0 Å². The second kappa shape index (κ2) is 12.6. The third-order valence-electron chi connectivity index (χ3n) is 6.04. The van der Waals surface area contributed by atoms with Gasteiger partial charge in [-0.2, -0.15) is 0 Å². The molecule has 0 radical (unpaired) electrons. The topological polar surface area (TPSA) is 105 Å². The van der Waals surface area contributed by atoms with Crippen LogP contribution in [0.25, 0.3) is 11.1 Å². The van der Waals surface area contributed by atoms with Gasteiger partial charge in [-0.1, -0.05) is 62.4 Å². The zero-order valence-corrected chi connectivity index (χ0v) is 21.3. The Morgan fingerprint density at radius 3 is 2.11 bits per heavy atom. The zero-order chi connectivity index (χ0) is 25.4. The van der Waals surface area contributed by atoms with Crippen molar-refractivity contribution >= 4 is 29.7 Å². The number of rotatable bonds is 12. The molecule has 0 saturated heterocycles. The molecule has 3 N–H and O–H groups in total. The Hall–Kier alpha value is -3.00. The number of alkyl carbamates (subject to hydrolysis) is 1. The summed E-state index contributed by atoms with van der Waals surface area (Å²) in [7, 11) is 0. The second-order valence-electron chi connectivity index (χ2n) is 9.32. The SMILES string of the molecule is CC(C)CCC(C)NC(=O)CSCC(NC(=O)OCC1c2ccccc2-c2ccccc21)C(=O)O. The summed E-state index contributed by atoms with van der Waals surface area (Å²) in [6.45, 7) is 6.35. The number of thioether (sulfide) groups is 1. The summed E-state index contributed by atoms with van der Waals surface area (Å²) in [6, 6.07) is 14.9. The molecule has 35 heavy (non-hydrogen) atoms. The molecule has 0 saturated carbocycles. The third-order valence-corrected chi connectivity index (χ3v) is 7.07. The van der Waals surface area contributed by atoms with Crippen LogP contribution in [0, 0.1) is 5.92 Å². The van der Waals surface area contributed by atoms with Gasteiger partial charge in [-0.05, 0) is 47.9 Å². The van der Waals surface area contributed by atoms with Crippen LogP contribution in [0.4, 0.5) is 4.79 Å². The summed E-state index contributed by atoms with van der Waals surface area (Å²) in [5.41, 5.74) is 4.41. The Balaban J connectivity index is 1.47. The fourth-order valence-electron chi connectivity index (χ4n) is 4.20. The van der Waals surface area contributed by atoms with Crippen LogP contribution in [0.5, 0.6) is 0 Å². The first kappa shape index (κ1) is 26.6. The number of aliphatic carboxylic acids is 1. The van der Waals surface area contributed by atoms with Gasteiger partial charge in [0.25, 0.3) is 0 Å². The van der Waals surface area contributed by atoms with E-state index in [4.69, 9.17) is 4.74 Å². The molecule has 0 heterocycles. The Kier molecular flexibility index (Phi) is 9.60. The number of ether oxygens (including phenoxy) is 1. The maximum absolute atomic E-state index is 12.4. The number of carboxylic acids is 1. The molecule has 2 amide bonds. The van der Waals surface area contributed by atoms with Crippen molar-refractivity contribution in [2.24, 2.45) is 5.92 Å². The highest BCUT2D eigenvalue weighted by atomic mass is 32.2. The van der Waals surface area contributed by atoms with Gasteiger partial charge in [0.05, 0.1) is 5.75 Å². The predicted molar refractivity (Wildman–Crippen MR) is 139 cm³/mol. The van der Waals surface area contributed by atoms with Crippen LogP contribution in [0.1, 0.15) is 50.7 Å². The lowest BCUT2D eigenvalue weighted by atomic mass is 9.98. The largest absolute Gasteiger partial charge is 0.480 e. The lowest BCUT2D eigenvalue weighted by molar-refractivity contribution is -0.138. The molecule has 1 aliphatic carbocycles. The summed E-state index contributed by atoms with van der Waals surface area (Å²) in [6.07, 6.45) is 1.14. The van der Waals surface area contributed by atoms with E-state index < -0.39 is 18.1 Å². The fraction of sp³-hybridized carbons (Fsp3) is 0.444. The van der Waals surface area contributed by atoms with Gasteiger partial charge in [-0.25, -0.2) is 9.59 Å². The lowest BCUT2D eigenvalue weighted by Crippen LogP contribution is -2.43. The molecule has 3 rings (SSSR count). The summed E-state index contributed by atoms with van der Waals surface area (Å²) in [5, 5.41) is 14.9. The van der Waals surface area contributed by atoms with Crippen molar-refractivity contribution in [1.29, 1.82) is 0 Å². The van der Waals surface area contributed by atoms with Crippen LogP contribution < -0.4 is 10.6 Å². The van der Waals surface area contributed by atoms with E-state index in [-0.39, 0.29) is 36.0 Å². The quantitative estimate of drug-likeness (QED) is 0.393. The number of carboxylic acid groups (broad SMARTS) is 1. The molecule has 0 aliphatic heterocycles. The summed E-state index contributed by atoms with van der Waals surface area (Å²) in [4.78, 5) is 36.2. The first-order valence-electron chi connectivity index (χ1n) is 12.0. The molecule has 2 aromatic rings. The second-order valence-corrected chi connectivity index (χ2v) is 10.3. The Labute approximate surface area is 211 Å². The molecular weight excluding hydrogens is 464 g/mol. The average Bonchev–Trinajstić information content (AvgIpc) is 3.14. The molecule has 2 aromatic carbocycles. The number of amides is 2. The monoisotopic (exact) mass is 498 g/mol. The number of nitrogens with one attached hydrogen (secondary N) is 2. The summed E-state index contributed by atoms with van der Waals surface area (Å²) < 4.78 is 5.44. The van der Waals surface area contributed by atoms with Crippen LogP contribution in [0.2, 0.25) is 0 Å². The van der Waals surface area contributed by atoms with Gasteiger partial charge in [-0.15, -0.1) is 11.8 Å². The molecule has 2 atom stereocenters. The maximum Gasteiger partial charge on any atom is 0.407 e. The smallest absolute Gasteiger partial charge is 0.407 e.